The Morgan fingerprint density at radius 3 is 2.69 bits per heavy atom. The lowest BCUT2D eigenvalue weighted by atomic mass is 10.2. The highest BCUT2D eigenvalue weighted by Crippen LogP contribution is 2.18. The average Bonchev–Trinajstić information content (AvgIpc) is 2.97. The summed E-state index contributed by atoms with van der Waals surface area (Å²) in [6, 6.07) is 3.78. The minimum atomic E-state index is -3.11. The maximum Gasteiger partial charge on any atom is 0.331 e. The van der Waals surface area contributed by atoms with Crippen molar-refractivity contribution in [2.75, 3.05) is 32.3 Å². The first kappa shape index (κ1) is 19.9. The Bertz CT molecular complexity index is 821. The van der Waals surface area contributed by atoms with Gasteiger partial charge in [-0.25, -0.2) is 17.6 Å². The Kier molecular flexibility index (Phi) is 6.36. The third kappa shape index (κ3) is 5.29. The molecular weight excluding hydrogens is 365 g/mol. The minimum Gasteiger partial charge on any atom is -0.494 e. The number of ether oxygens (including phenoxy) is 2. The number of halogens is 1. The summed E-state index contributed by atoms with van der Waals surface area (Å²) in [5.74, 6) is -1.74. The predicted octanol–water partition coefficient (Wildman–Crippen LogP) is 1.04. The van der Waals surface area contributed by atoms with E-state index in [0.717, 1.165) is 6.08 Å². The topological polar surface area (TPSA) is 90.0 Å². The van der Waals surface area contributed by atoms with Crippen molar-refractivity contribution in [2.45, 2.75) is 12.5 Å². The molecule has 1 amide bonds. The van der Waals surface area contributed by atoms with Crippen molar-refractivity contribution in [3.05, 3.63) is 35.7 Å². The summed E-state index contributed by atoms with van der Waals surface area (Å²) < 4.78 is 46.1. The summed E-state index contributed by atoms with van der Waals surface area (Å²) in [5, 5.41) is 0. The van der Waals surface area contributed by atoms with Gasteiger partial charge in [-0.05, 0) is 30.2 Å². The van der Waals surface area contributed by atoms with Crippen molar-refractivity contribution < 1.29 is 31.9 Å². The molecule has 7 nitrogen and oxygen atoms in total. The van der Waals surface area contributed by atoms with Gasteiger partial charge in [-0.1, -0.05) is 6.07 Å². The van der Waals surface area contributed by atoms with Gasteiger partial charge in [-0.3, -0.25) is 4.79 Å². The van der Waals surface area contributed by atoms with Crippen LogP contribution in [-0.2, 0) is 24.2 Å². The smallest absolute Gasteiger partial charge is 0.331 e. The summed E-state index contributed by atoms with van der Waals surface area (Å²) in [6.07, 6.45) is 2.80. The SMILES string of the molecule is COc1ccc(/C=C/C(=O)OCC(=O)N(C)[C@H]2CCS(=O)(=O)C2)cc1F. The quantitative estimate of drug-likeness (QED) is 0.537. The third-order valence-electron chi connectivity index (χ3n) is 4.08. The largest absolute Gasteiger partial charge is 0.494 e. The van der Waals surface area contributed by atoms with Crippen LogP contribution in [0.3, 0.4) is 0 Å². The number of rotatable bonds is 6. The van der Waals surface area contributed by atoms with E-state index in [9.17, 15) is 22.4 Å². The van der Waals surface area contributed by atoms with Gasteiger partial charge in [0.2, 0.25) is 0 Å². The first-order valence-corrected chi connectivity index (χ1v) is 9.68. The van der Waals surface area contributed by atoms with E-state index in [-0.39, 0.29) is 17.3 Å². The summed E-state index contributed by atoms with van der Waals surface area (Å²) in [4.78, 5) is 25.0. The van der Waals surface area contributed by atoms with E-state index in [4.69, 9.17) is 9.47 Å². The summed E-state index contributed by atoms with van der Waals surface area (Å²) in [5.41, 5.74) is 0.430. The van der Waals surface area contributed by atoms with E-state index >= 15 is 0 Å². The van der Waals surface area contributed by atoms with Crippen LogP contribution in [0.15, 0.2) is 24.3 Å². The second kappa shape index (κ2) is 8.31. The number of esters is 1. The second-order valence-corrected chi connectivity index (χ2v) is 8.13. The Morgan fingerprint density at radius 2 is 2.12 bits per heavy atom. The number of sulfone groups is 1. The molecule has 26 heavy (non-hydrogen) atoms. The summed E-state index contributed by atoms with van der Waals surface area (Å²) in [7, 11) is -0.274. The van der Waals surface area contributed by atoms with E-state index in [0.29, 0.717) is 12.0 Å². The molecule has 2 rings (SSSR count). The highest BCUT2D eigenvalue weighted by Gasteiger charge is 2.32. The van der Waals surface area contributed by atoms with Gasteiger partial charge in [0, 0.05) is 19.2 Å². The van der Waals surface area contributed by atoms with E-state index in [1.54, 1.807) is 6.07 Å². The lowest BCUT2D eigenvalue weighted by molar-refractivity contribution is -0.148. The van der Waals surface area contributed by atoms with Gasteiger partial charge >= 0.3 is 5.97 Å². The Balaban J connectivity index is 1.84. The van der Waals surface area contributed by atoms with Gasteiger partial charge < -0.3 is 14.4 Å². The van der Waals surface area contributed by atoms with Gasteiger partial charge in [-0.15, -0.1) is 0 Å². The fraction of sp³-hybridized carbons (Fsp3) is 0.412. The van der Waals surface area contributed by atoms with Crippen LogP contribution in [0.4, 0.5) is 4.39 Å². The Hall–Kier alpha value is -2.42. The molecule has 0 spiro atoms. The number of carbonyl (C=O) groups excluding carboxylic acids is 2. The van der Waals surface area contributed by atoms with E-state index in [1.165, 1.54) is 37.3 Å². The lowest BCUT2D eigenvalue weighted by Gasteiger charge is -2.22. The molecule has 0 aromatic heterocycles. The molecule has 1 aliphatic rings. The normalized spacial score (nSPS) is 18.7. The van der Waals surface area contributed by atoms with Crippen molar-refractivity contribution in [1.29, 1.82) is 0 Å². The fourth-order valence-corrected chi connectivity index (χ4v) is 4.29. The van der Waals surface area contributed by atoms with Crippen LogP contribution in [0.1, 0.15) is 12.0 Å². The lowest BCUT2D eigenvalue weighted by Crippen LogP contribution is -2.40. The molecule has 1 aliphatic heterocycles. The van der Waals surface area contributed by atoms with Crippen LogP contribution < -0.4 is 4.74 Å². The zero-order valence-corrected chi connectivity index (χ0v) is 15.3. The second-order valence-electron chi connectivity index (χ2n) is 5.90. The third-order valence-corrected chi connectivity index (χ3v) is 5.83. The molecule has 0 bridgehead atoms. The summed E-state index contributed by atoms with van der Waals surface area (Å²) in [6.45, 7) is -0.493. The molecule has 0 N–H and O–H groups in total. The molecule has 0 aliphatic carbocycles. The van der Waals surface area contributed by atoms with Gasteiger partial charge in [0.1, 0.15) is 0 Å². The minimum absolute atomic E-state index is 0.0518. The van der Waals surface area contributed by atoms with Gasteiger partial charge in [0.15, 0.2) is 28.0 Å². The highest BCUT2D eigenvalue weighted by molar-refractivity contribution is 7.91. The first-order chi connectivity index (χ1) is 12.2. The molecule has 9 heteroatoms. The molecule has 1 aromatic rings. The van der Waals surface area contributed by atoms with E-state index in [2.05, 4.69) is 0 Å². The first-order valence-electron chi connectivity index (χ1n) is 7.86. The van der Waals surface area contributed by atoms with E-state index in [1.807, 2.05) is 0 Å². The molecule has 1 saturated heterocycles. The fourth-order valence-electron chi connectivity index (χ4n) is 2.52. The maximum atomic E-state index is 13.6. The molecule has 1 aromatic carbocycles. The molecule has 1 fully saturated rings. The number of likely N-dealkylation sites (N-methyl/N-ethyl adjacent to an activating group) is 1. The Labute approximate surface area is 151 Å². The molecule has 142 valence electrons. The van der Waals surface area contributed by atoms with Crippen LogP contribution >= 0.6 is 0 Å². The Morgan fingerprint density at radius 1 is 1.38 bits per heavy atom. The number of benzene rings is 1. The maximum absolute atomic E-state index is 13.6. The molecule has 1 atom stereocenters. The molecule has 1 heterocycles. The molecule has 0 unspecified atom stereocenters. The van der Waals surface area contributed by atoms with Crippen molar-refractivity contribution in [3.8, 4) is 5.75 Å². The van der Waals surface area contributed by atoms with Crippen molar-refractivity contribution in [3.63, 3.8) is 0 Å². The molecule has 0 saturated carbocycles. The number of amides is 1. The molecular formula is C17H20FNO6S. The summed E-state index contributed by atoms with van der Waals surface area (Å²) >= 11 is 0. The van der Waals surface area contributed by atoms with Crippen molar-refractivity contribution >= 4 is 27.8 Å². The predicted molar refractivity (Wildman–Crippen MR) is 92.8 cm³/mol. The monoisotopic (exact) mass is 385 g/mol. The number of hydrogen-bond donors (Lipinski definition) is 0. The van der Waals surface area contributed by atoms with Crippen LogP contribution in [0.2, 0.25) is 0 Å². The number of hydrogen-bond acceptors (Lipinski definition) is 6. The standard InChI is InChI=1S/C17H20FNO6S/c1-19(13-7-8-26(22,23)11-13)16(20)10-25-17(21)6-4-12-3-5-15(24-2)14(18)9-12/h3-6,9,13H,7-8,10-11H2,1-2H3/b6-4+/t13-/m0/s1. The average molecular weight is 385 g/mol. The zero-order valence-electron chi connectivity index (χ0n) is 14.5. The van der Waals surface area contributed by atoms with Crippen LogP contribution in [0, 0.1) is 5.82 Å². The number of carbonyl (C=O) groups is 2. The van der Waals surface area contributed by atoms with E-state index < -0.39 is 40.2 Å². The van der Waals surface area contributed by atoms with Gasteiger partial charge in [0.25, 0.3) is 5.91 Å². The number of nitrogens with zero attached hydrogens (tertiary/aromatic N) is 1. The van der Waals surface area contributed by atoms with Crippen LogP contribution in [0.25, 0.3) is 6.08 Å². The van der Waals surface area contributed by atoms with Crippen LogP contribution in [0.5, 0.6) is 5.75 Å². The zero-order chi connectivity index (χ0) is 19.3. The van der Waals surface area contributed by atoms with Gasteiger partial charge in [-0.2, -0.15) is 0 Å². The molecule has 0 radical (unpaired) electrons. The highest BCUT2D eigenvalue weighted by atomic mass is 32.2. The number of methoxy groups -OCH3 is 1. The van der Waals surface area contributed by atoms with Crippen molar-refractivity contribution in [2.24, 2.45) is 0 Å². The van der Waals surface area contributed by atoms with Gasteiger partial charge in [0.05, 0.1) is 18.6 Å². The van der Waals surface area contributed by atoms with Crippen LogP contribution in [-0.4, -0.2) is 63.5 Å². The van der Waals surface area contributed by atoms with Crippen molar-refractivity contribution in [1.82, 2.24) is 4.90 Å².